The Bertz CT molecular complexity index is 1160. The number of nitrogens with one attached hydrogen (secondary N) is 1. The highest BCUT2D eigenvalue weighted by molar-refractivity contribution is 5.88. The summed E-state index contributed by atoms with van der Waals surface area (Å²) >= 11 is 0. The van der Waals surface area contributed by atoms with Gasteiger partial charge in [-0.05, 0) is 55.5 Å². The Labute approximate surface area is 222 Å². The Balaban J connectivity index is 1.78. The third-order valence-electron chi connectivity index (χ3n) is 5.79. The fraction of sp³-hybridized carbons (Fsp3) is 0.379. The first-order valence-corrected chi connectivity index (χ1v) is 12.8. The highest BCUT2D eigenvalue weighted by Gasteiger charge is 2.25. The van der Waals surface area contributed by atoms with Crippen LogP contribution in [0.5, 0.6) is 11.6 Å². The highest BCUT2D eigenvalue weighted by atomic mass is 19.1. The van der Waals surface area contributed by atoms with Crippen LogP contribution >= 0.6 is 0 Å². The van der Waals surface area contributed by atoms with Gasteiger partial charge in [-0.15, -0.1) is 0 Å². The highest BCUT2D eigenvalue weighted by Crippen LogP contribution is 2.21. The molecule has 0 saturated heterocycles. The van der Waals surface area contributed by atoms with Gasteiger partial charge in [0.25, 0.3) is 0 Å². The summed E-state index contributed by atoms with van der Waals surface area (Å²) in [6, 6.07) is 13.7. The van der Waals surface area contributed by atoms with Crippen molar-refractivity contribution in [3.63, 3.8) is 0 Å². The van der Waals surface area contributed by atoms with Crippen LogP contribution in [0.15, 0.2) is 54.6 Å². The summed E-state index contributed by atoms with van der Waals surface area (Å²) in [6.45, 7) is 7.20. The molecular formula is C29H35F2N3O4. The predicted octanol–water partition coefficient (Wildman–Crippen LogP) is 4.60. The number of hydrogen-bond donors (Lipinski definition) is 2. The van der Waals surface area contributed by atoms with Gasteiger partial charge in [0, 0.05) is 37.3 Å². The van der Waals surface area contributed by atoms with Crippen molar-refractivity contribution < 1.29 is 27.8 Å². The van der Waals surface area contributed by atoms with Gasteiger partial charge in [0.15, 0.2) is 5.69 Å². The number of aromatic nitrogens is 1. The Kier molecular flexibility index (Phi) is 11.0. The predicted molar refractivity (Wildman–Crippen MR) is 141 cm³/mol. The maximum atomic E-state index is 13.8. The van der Waals surface area contributed by atoms with Crippen molar-refractivity contribution in [3.05, 3.63) is 88.6 Å². The largest absolute Gasteiger partial charge is 0.494 e. The quantitative estimate of drug-likeness (QED) is 0.296. The number of ether oxygens (including phenoxy) is 3. The van der Waals surface area contributed by atoms with E-state index >= 15 is 0 Å². The fourth-order valence-electron chi connectivity index (χ4n) is 3.99. The zero-order valence-corrected chi connectivity index (χ0v) is 22.0. The lowest BCUT2D eigenvalue weighted by Gasteiger charge is -2.25. The number of nitrogens with zero attached hydrogens (tertiary/aromatic N) is 1. The summed E-state index contributed by atoms with van der Waals surface area (Å²) in [6.07, 6.45) is 0.188. The normalized spacial score (nSPS) is 12.6. The molecular weight excluding hydrogens is 492 g/mol. The van der Waals surface area contributed by atoms with E-state index in [-0.39, 0.29) is 24.5 Å². The first-order chi connectivity index (χ1) is 18.3. The summed E-state index contributed by atoms with van der Waals surface area (Å²) < 4.78 is 44.3. The minimum absolute atomic E-state index is 0.00375. The van der Waals surface area contributed by atoms with Crippen LogP contribution in [-0.2, 0) is 24.1 Å². The number of halogens is 2. The minimum atomic E-state index is -0.823. The van der Waals surface area contributed by atoms with Crippen molar-refractivity contribution in [2.45, 2.75) is 52.3 Å². The van der Waals surface area contributed by atoms with Crippen molar-refractivity contribution in [2.75, 3.05) is 19.8 Å². The van der Waals surface area contributed by atoms with Crippen LogP contribution in [0.4, 0.5) is 8.78 Å². The second kappa shape index (κ2) is 14.4. The molecule has 2 unspecified atom stereocenters. The third kappa shape index (κ3) is 8.78. The number of hydrogen-bond acceptors (Lipinski definition) is 7. The molecule has 3 N–H and O–H groups in total. The van der Waals surface area contributed by atoms with Crippen LogP contribution in [-0.4, -0.2) is 42.9 Å². The topological polar surface area (TPSA) is 95.7 Å². The number of pyridine rings is 1. The molecule has 0 fully saturated rings. The van der Waals surface area contributed by atoms with Gasteiger partial charge in [-0.2, -0.15) is 0 Å². The van der Waals surface area contributed by atoms with E-state index in [1.165, 1.54) is 23.8 Å². The summed E-state index contributed by atoms with van der Waals surface area (Å²) in [5.41, 5.74) is 9.07. The van der Waals surface area contributed by atoms with Crippen molar-refractivity contribution in [1.82, 2.24) is 10.3 Å². The molecule has 0 bridgehead atoms. The Morgan fingerprint density at radius 1 is 0.947 bits per heavy atom. The summed E-state index contributed by atoms with van der Waals surface area (Å²) in [5.74, 6) is -1.46. The molecule has 1 aromatic heterocycles. The van der Waals surface area contributed by atoms with Gasteiger partial charge in [0.2, 0.25) is 5.88 Å². The van der Waals surface area contributed by atoms with Gasteiger partial charge in [0.05, 0.1) is 13.2 Å². The molecule has 0 aliphatic heterocycles. The number of esters is 1. The van der Waals surface area contributed by atoms with Crippen LogP contribution in [0.25, 0.3) is 0 Å². The van der Waals surface area contributed by atoms with Crippen molar-refractivity contribution in [2.24, 2.45) is 5.73 Å². The van der Waals surface area contributed by atoms with E-state index in [4.69, 9.17) is 19.9 Å². The van der Waals surface area contributed by atoms with Crippen LogP contribution in [0, 0.1) is 11.6 Å². The molecule has 3 aromatic rings. The van der Waals surface area contributed by atoms with E-state index in [1.54, 1.807) is 13.0 Å². The molecule has 0 aliphatic carbocycles. The smallest absolute Gasteiger partial charge is 0.357 e. The Morgan fingerprint density at radius 3 is 2.34 bits per heavy atom. The van der Waals surface area contributed by atoms with Gasteiger partial charge in [-0.1, -0.05) is 31.2 Å². The standard InChI is InChI=1S/C29H35F2N3O4/c1-4-19-8-7-9-20(10-19)17-33-18-27(25(32)13-21-11-22(30)14-23(31)12-21)38-29(35)26-15-24(36-5-2)16-28(34-26)37-6-3/h7-12,14-16,25,27,33H,4-6,13,17-18,32H2,1-3H3. The summed E-state index contributed by atoms with van der Waals surface area (Å²) in [4.78, 5) is 17.4. The SMILES string of the molecule is CCOc1cc(OCC)nc(C(=O)OC(CNCc2cccc(CC)c2)C(N)Cc2cc(F)cc(F)c2)c1. The second-order valence-electron chi connectivity index (χ2n) is 8.79. The maximum absolute atomic E-state index is 13.8. The van der Waals surface area contributed by atoms with E-state index in [0.29, 0.717) is 31.1 Å². The Morgan fingerprint density at radius 2 is 1.66 bits per heavy atom. The number of rotatable bonds is 14. The van der Waals surface area contributed by atoms with E-state index in [9.17, 15) is 13.6 Å². The van der Waals surface area contributed by atoms with E-state index in [1.807, 2.05) is 19.1 Å². The molecule has 0 radical (unpaired) electrons. The number of benzene rings is 2. The monoisotopic (exact) mass is 527 g/mol. The molecule has 38 heavy (non-hydrogen) atoms. The number of nitrogens with two attached hydrogens (primary N) is 1. The van der Waals surface area contributed by atoms with Gasteiger partial charge in [-0.3, -0.25) is 0 Å². The van der Waals surface area contributed by atoms with Gasteiger partial charge >= 0.3 is 5.97 Å². The van der Waals surface area contributed by atoms with Crippen molar-refractivity contribution >= 4 is 5.97 Å². The zero-order chi connectivity index (χ0) is 27.5. The lowest BCUT2D eigenvalue weighted by Crippen LogP contribution is -2.46. The van der Waals surface area contributed by atoms with Crippen LogP contribution in [0.2, 0.25) is 0 Å². The molecule has 0 spiro atoms. The molecule has 0 saturated carbocycles. The number of aryl methyl sites for hydroxylation is 1. The maximum Gasteiger partial charge on any atom is 0.357 e. The first-order valence-electron chi connectivity index (χ1n) is 12.8. The number of carbonyl (C=O) groups is 1. The number of carbonyl (C=O) groups excluding carboxylic acids is 1. The van der Waals surface area contributed by atoms with Crippen molar-refractivity contribution in [1.29, 1.82) is 0 Å². The van der Waals surface area contributed by atoms with Crippen LogP contribution < -0.4 is 20.5 Å². The minimum Gasteiger partial charge on any atom is -0.494 e. The lowest BCUT2D eigenvalue weighted by atomic mass is 10.0. The van der Waals surface area contributed by atoms with Crippen LogP contribution in [0.1, 0.15) is 48.0 Å². The molecule has 7 nitrogen and oxygen atoms in total. The molecule has 2 atom stereocenters. The second-order valence-corrected chi connectivity index (χ2v) is 8.79. The average Bonchev–Trinajstić information content (AvgIpc) is 2.87. The zero-order valence-electron chi connectivity index (χ0n) is 22.0. The summed E-state index contributed by atoms with van der Waals surface area (Å²) in [7, 11) is 0. The van der Waals surface area contributed by atoms with Gasteiger partial charge in [0.1, 0.15) is 23.5 Å². The van der Waals surface area contributed by atoms with Gasteiger partial charge < -0.3 is 25.3 Å². The van der Waals surface area contributed by atoms with Gasteiger partial charge in [-0.25, -0.2) is 18.6 Å². The third-order valence-corrected chi connectivity index (χ3v) is 5.79. The molecule has 0 amide bonds. The first kappa shape index (κ1) is 29.0. The fourth-order valence-corrected chi connectivity index (χ4v) is 3.99. The molecule has 0 aliphatic rings. The van der Waals surface area contributed by atoms with Crippen molar-refractivity contribution in [3.8, 4) is 11.6 Å². The molecule has 2 aromatic carbocycles. The lowest BCUT2D eigenvalue weighted by molar-refractivity contribution is 0.0229. The van der Waals surface area contributed by atoms with E-state index < -0.39 is 29.7 Å². The summed E-state index contributed by atoms with van der Waals surface area (Å²) in [5, 5.41) is 3.29. The Hall–Kier alpha value is -3.56. The molecule has 3 rings (SSSR count). The molecule has 9 heteroatoms. The average molecular weight is 528 g/mol. The van der Waals surface area contributed by atoms with E-state index in [2.05, 4.69) is 29.4 Å². The van der Waals surface area contributed by atoms with Crippen LogP contribution in [0.3, 0.4) is 0 Å². The van der Waals surface area contributed by atoms with E-state index in [0.717, 1.165) is 18.1 Å². The molecule has 204 valence electrons. The molecule has 1 heterocycles.